The molecule has 176 valence electrons. The number of hydrogen-bond acceptors (Lipinski definition) is 6. The summed E-state index contributed by atoms with van der Waals surface area (Å²) >= 11 is 0. The Hall–Kier alpha value is -2.76. The van der Waals surface area contributed by atoms with E-state index < -0.39 is 5.41 Å². The Morgan fingerprint density at radius 3 is 1.97 bits per heavy atom. The standard InChI is InChI=1S/C26H37NO5/c1-4-29-25(28)26(2,3)17-7-11-20-31-23-15-13-22(14-16-23)30-19-9-5-10-21-32-24-12-6-8-18-27-24/h6,8,12-16,18H,4-5,7,9-11,17,19-21H2,1-3H3. The highest BCUT2D eigenvalue weighted by Crippen LogP contribution is 2.25. The molecule has 0 aliphatic rings. The van der Waals surface area contributed by atoms with Crippen molar-refractivity contribution < 1.29 is 23.7 Å². The molecule has 0 amide bonds. The SMILES string of the molecule is CCOC(=O)C(C)(C)CCCCOc1ccc(OCCCCCOc2ccccn2)cc1. The molecule has 0 unspecified atom stereocenters. The molecule has 6 nitrogen and oxygen atoms in total. The summed E-state index contributed by atoms with van der Waals surface area (Å²) in [7, 11) is 0. The molecule has 0 saturated heterocycles. The fourth-order valence-electron chi connectivity index (χ4n) is 3.10. The average Bonchev–Trinajstić information content (AvgIpc) is 2.80. The van der Waals surface area contributed by atoms with Crippen LogP contribution >= 0.6 is 0 Å². The molecule has 0 radical (unpaired) electrons. The summed E-state index contributed by atoms with van der Waals surface area (Å²) in [6.07, 6.45) is 7.33. The molecule has 1 heterocycles. The first-order valence-electron chi connectivity index (χ1n) is 11.6. The van der Waals surface area contributed by atoms with Crippen LogP contribution in [0.5, 0.6) is 17.4 Å². The molecule has 0 N–H and O–H groups in total. The van der Waals surface area contributed by atoms with Crippen molar-refractivity contribution in [3.63, 3.8) is 0 Å². The van der Waals surface area contributed by atoms with Gasteiger partial charge in [0.2, 0.25) is 5.88 Å². The Balaban J connectivity index is 1.51. The fraction of sp³-hybridized carbons (Fsp3) is 0.538. The van der Waals surface area contributed by atoms with Gasteiger partial charge in [0.05, 0.1) is 31.8 Å². The van der Waals surface area contributed by atoms with Crippen LogP contribution in [-0.2, 0) is 9.53 Å². The van der Waals surface area contributed by atoms with Gasteiger partial charge in [0.25, 0.3) is 0 Å². The molecular formula is C26H37NO5. The van der Waals surface area contributed by atoms with Crippen molar-refractivity contribution in [2.24, 2.45) is 5.41 Å². The third-order valence-corrected chi connectivity index (χ3v) is 5.06. The zero-order valence-electron chi connectivity index (χ0n) is 19.7. The molecule has 0 aliphatic carbocycles. The molecule has 6 heteroatoms. The second kappa shape index (κ2) is 14.3. The third-order valence-electron chi connectivity index (χ3n) is 5.06. The number of carbonyl (C=O) groups excluding carboxylic acids is 1. The van der Waals surface area contributed by atoms with Crippen molar-refractivity contribution in [2.45, 2.75) is 59.3 Å². The van der Waals surface area contributed by atoms with E-state index in [-0.39, 0.29) is 5.97 Å². The third kappa shape index (κ3) is 10.0. The number of unbranched alkanes of at least 4 members (excludes halogenated alkanes) is 3. The predicted molar refractivity (Wildman–Crippen MR) is 125 cm³/mol. The van der Waals surface area contributed by atoms with Crippen LogP contribution in [0.2, 0.25) is 0 Å². The van der Waals surface area contributed by atoms with E-state index in [4.69, 9.17) is 18.9 Å². The highest BCUT2D eigenvalue weighted by atomic mass is 16.5. The van der Waals surface area contributed by atoms with Gasteiger partial charge in [0.1, 0.15) is 11.5 Å². The van der Waals surface area contributed by atoms with E-state index >= 15 is 0 Å². The normalized spacial score (nSPS) is 11.1. The molecule has 0 spiro atoms. The molecule has 1 aromatic carbocycles. The van der Waals surface area contributed by atoms with Gasteiger partial charge in [-0.05, 0) is 89.6 Å². The Kier molecular flexibility index (Phi) is 11.4. The number of nitrogens with zero attached hydrogens (tertiary/aromatic N) is 1. The zero-order chi connectivity index (χ0) is 23.1. The maximum Gasteiger partial charge on any atom is 0.311 e. The van der Waals surface area contributed by atoms with Crippen LogP contribution in [-0.4, -0.2) is 37.4 Å². The Morgan fingerprint density at radius 1 is 0.812 bits per heavy atom. The van der Waals surface area contributed by atoms with Gasteiger partial charge in [0.15, 0.2) is 0 Å². The molecule has 0 atom stereocenters. The number of carbonyl (C=O) groups is 1. The van der Waals surface area contributed by atoms with E-state index in [2.05, 4.69) is 4.98 Å². The maximum atomic E-state index is 11.9. The van der Waals surface area contributed by atoms with Gasteiger partial charge in [-0.15, -0.1) is 0 Å². The Bertz CT molecular complexity index is 762. The molecular weight excluding hydrogens is 406 g/mol. The molecule has 1 aromatic heterocycles. The van der Waals surface area contributed by atoms with Gasteiger partial charge in [-0.3, -0.25) is 4.79 Å². The highest BCUT2D eigenvalue weighted by Gasteiger charge is 2.28. The second-order valence-corrected chi connectivity index (χ2v) is 8.31. The first-order chi connectivity index (χ1) is 15.5. The van der Waals surface area contributed by atoms with Gasteiger partial charge < -0.3 is 18.9 Å². The van der Waals surface area contributed by atoms with Gasteiger partial charge in [-0.25, -0.2) is 4.98 Å². The van der Waals surface area contributed by atoms with Crippen LogP contribution in [0, 0.1) is 5.41 Å². The number of hydrogen-bond donors (Lipinski definition) is 0. The number of aromatic nitrogens is 1. The number of pyridine rings is 1. The van der Waals surface area contributed by atoms with Crippen LogP contribution < -0.4 is 14.2 Å². The predicted octanol–water partition coefficient (Wildman–Crippen LogP) is 5.85. The topological polar surface area (TPSA) is 66.9 Å². The molecule has 0 fully saturated rings. The van der Waals surface area contributed by atoms with Crippen molar-refractivity contribution in [2.75, 3.05) is 26.4 Å². The van der Waals surface area contributed by atoms with Crippen molar-refractivity contribution in [3.8, 4) is 17.4 Å². The summed E-state index contributed by atoms with van der Waals surface area (Å²) in [6, 6.07) is 13.4. The molecule has 32 heavy (non-hydrogen) atoms. The molecule has 0 aliphatic heterocycles. The lowest BCUT2D eigenvalue weighted by Gasteiger charge is -2.21. The van der Waals surface area contributed by atoms with Gasteiger partial charge in [0, 0.05) is 12.3 Å². The minimum atomic E-state index is -0.443. The quantitative estimate of drug-likeness (QED) is 0.240. The smallest absolute Gasteiger partial charge is 0.311 e. The van der Waals surface area contributed by atoms with Gasteiger partial charge in [-0.2, -0.15) is 0 Å². The first-order valence-corrected chi connectivity index (χ1v) is 11.6. The maximum absolute atomic E-state index is 11.9. The van der Waals surface area contributed by atoms with Crippen molar-refractivity contribution in [3.05, 3.63) is 48.7 Å². The van der Waals surface area contributed by atoms with Crippen LogP contribution in [0.15, 0.2) is 48.7 Å². The average molecular weight is 444 g/mol. The van der Waals surface area contributed by atoms with E-state index in [0.29, 0.717) is 32.3 Å². The number of esters is 1. The summed E-state index contributed by atoms with van der Waals surface area (Å²) in [6.45, 7) is 8.09. The summed E-state index contributed by atoms with van der Waals surface area (Å²) in [5, 5.41) is 0. The van der Waals surface area contributed by atoms with Crippen LogP contribution in [0.4, 0.5) is 0 Å². The van der Waals surface area contributed by atoms with E-state index in [1.165, 1.54) is 0 Å². The lowest BCUT2D eigenvalue weighted by Crippen LogP contribution is -2.26. The van der Waals surface area contributed by atoms with E-state index in [9.17, 15) is 4.79 Å². The lowest BCUT2D eigenvalue weighted by molar-refractivity contribution is -0.153. The van der Waals surface area contributed by atoms with Crippen LogP contribution in [0.3, 0.4) is 0 Å². The summed E-state index contributed by atoms with van der Waals surface area (Å²) in [5.74, 6) is 2.22. The largest absolute Gasteiger partial charge is 0.494 e. The fourth-order valence-corrected chi connectivity index (χ4v) is 3.10. The lowest BCUT2D eigenvalue weighted by atomic mass is 9.87. The van der Waals surface area contributed by atoms with Crippen LogP contribution in [0.1, 0.15) is 59.3 Å². The molecule has 2 aromatic rings. The monoisotopic (exact) mass is 443 g/mol. The number of rotatable bonds is 16. The Morgan fingerprint density at radius 2 is 1.41 bits per heavy atom. The van der Waals surface area contributed by atoms with E-state index in [1.54, 1.807) is 6.20 Å². The molecule has 0 bridgehead atoms. The van der Waals surface area contributed by atoms with Crippen molar-refractivity contribution in [1.29, 1.82) is 0 Å². The van der Waals surface area contributed by atoms with Gasteiger partial charge in [-0.1, -0.05) is 6.07 Å². The minimum Gasteiger partial charge on any atom is -0.494 e. The van der Waals surface area contributed by atoms with Crippen molar-refractivity contribution in [1.82, 2.24) is 4.98 Å². The summed E-state index contributed by atoms with van der Waals surface area (Å²) < 4.78 is 22.3. The molecule has 2 rings (SSSR count). The Labute approximate surface area is 192 Å². The van der Waals surface area contributed by atoms with Crippen molar-refractivity contribution >= 4 is 5.97 Å². The molecule has 0 saturated carbocycles. The number of benzene rings is 1. The summed E-state index contributed by atoms with van der Waals surface area (Å²) in [5.41, 5.74) is -0.443. The summed E-state index contributed by atoms with van der Waals surface area (Å²) in [4.78, 5) is 16.0. The number of ether oxygens (including phenoxy) is 4. The van der Waals surface area contributed by atoms with Gasteiger partial charge >= 0.3 is 5.97 Å². The first kappa shape index (κ1) is 25.5. The highest BCUT2D eigenvalue weighted by molar-refractivity contribution is 5.75. The van der Waals surface area contributed by atoms with Crippen LogP contribution in [0.25, 0.3) is 0 Å². The zero-order valence-corrected chi connectivity index (χ0v) is 19.7. The van der Waals surface area contributed by atoms with E-state index in [0.717, 1.165) is 50.0 Å². The second-order valence-electron chi connectivity index (χ2n) is 8.31. The minimum absolute atomic E-state index is 0.130. The van der Waals surface area contributed by atoms with E-state index in [1.807, 2.05) is 63.2 Å².